The minimum Gasteiger partial charge on any atom is -0.507 e. The summed E-state index contributed by atoms with van der Waals surface area (Å²) in [5, 5.41) is 10.9. The Kier molecular flexibility index (Phi) is 5.75. The fourth-order valence-electron chi connectivity index (χ4n) is 3.25. The monoisotopic (exact) mass is 385 g/mol. The van der Waals surface area contributed by atoms with Crippen LogP contribution in [-0.2, 0) is 14.3 Å². The first-order valence-corrected chi connectivity index (χ1v) is 8.65. The second-order valence-electron chi connectivity index (χ2n) is 6.24. The Labute approximate surface area is 161 Å². The number of Topliss-reactive ketones (excluding diaryl/α,β-unsaturated/α-hetero) is 1. The third-order valence-electron chi connectivity index (χ3n) is 4.62. The van der Waals surface area contributed by atoms with Crippen LogP contribution in [0.4, 0.5) is 4.39 Å². The summed E-state index contributed by atoms with van der Waals surface area (Å²) in [5.41, 5.74) is 0.257. The van der Waals surface area contributed by atoms with E-state index in [9.17, 15) is 19.1 Å². The van der Waals surface area contributed by atoms with Crippen molar-refractivity contribution >= 4 is 17.4 Å². The Bertz CT molecular complexity index is 940. The number of aliphatic hydroxyl groups excluding tert-OH is 1. The Hall–Kier alpha value is -3.19. The molecular formula is C21H20FNO5. The number of rotatable bonds is 6. The highest BCUT2D eigenvalue weighted by atomic mass is 19.1. The summed E-state index contributed by atoms with van der Waals surface area (Å²) < 4.78 is 24.7. The number of ketones is 1. The van der Waals surface area contributed by atoms with E-state index in [1.54, 1.807) is 24.3 Å². The number of nitrogens with zero attached hydrogens (tertiary/aromatic N) is 1. The second kappa shape index (κ2) is 8.22. The average molecular weight is 385 g/mol. The molecule has 0 radical (unpaired) electrons. The van der Waals surface area contributed by atoms with Gasteiger partial charge < -0.3 is 19.5 Å². The van der Waals surface area contributed by atoms with Crippen molar-refractivity contribution in [2.24, 2.45) is 0 Å². The maximum absolute atomic E-state index is 14.5. The van der Waals surface area contributed by atoms with Gasteiger partial charge in [-0.05, 0) is 18.2 Å². The molecule has 1 aliphatic heterocycles. The van der Waals surface area contributed by atoms with Crippen LogP contribution in [0.3, 0.4) is 0 Å². The number of halogens is 1. The van der Waals surface area contributed by atoms with Crippen molar-refractivity contribution in [2.45, 2.75) is 6.04 Å². The van der Waals surface area contributed by atoms with Gasteiger partial charge in [-0.15, -0.1) is 0 Å². The van der Waals surface area contributed by atoms with Crippen LogP contribution in [0.25, 0.3) is 5.76 Å². The molecule has 1 aliphatic rings. The van der Waals surface area contributed by atoms with Crippen LogP contribution in [-0.4, -0.2) is 49.1 Å². The Morgan fingerprint density at radius 3 is 2.57 bits per heavy atom. The van der Waals surface area contributed by atoms with Crippen LogP contribution in [0.5, 0.6) is 5.75 Å². The number of methoxy groups -OCH3 is 2. The van der Waals surface area contributed by atoms with E-state index < -0.39 is 23.5 Å². The van der Waals surface area contributed by atoms with E-state index in [-0.39, 0.29) is 30.0 Å². The van der Waals surface area contributed by atoms with E-state index in [4.69, 9.17) is 9.47 Å². The molecule has 1 amide bonds. The van der Waals surface area contributed by atoms with Crippen LogP contribution < -0.4 is 4.74 Å². The molecule has 0 saturated carbocycles. The molecule has 28 heavy (non-hydrogen) atoms. The zero-order valence-electron chi connectivity index (χ0n) is 15.5. The third kappa shape index (κ3) is 3.48. The van der Waals surface area contributed by atoms with E-state index in [1.807, 2.05) is 0 Å². The van der Waals surface area contributed by atoms with Gasteiger partial charge in [0.2, 0.25) is 0 Å². The fourth-order valence-corrected chi connectivity index (χ4v) is 3.25. The molecule has 3 rings (SSSR count). The standard InChI is InChI=1S/C21H20FNO5/c1-27-11-10-23-18(15-8-3-4-9-16(15)22)17(20(25)21(23)26)19(24)13-6-5-7-14(12-13)28-2/h3-9,12,18,24H,10-11H2,1-2H3/b19-17-. The van der Waals surface area contributed by atoms with Crippen molar-refractivity contribution in [1.29, 1.82) is 0 Å². The first kappa shape index (κ1) is 19.6. The molecule has 1 atom stereocenters. The van der Waals surface area contributed by atoms with E-state index in [2.05, 4.69) is 0 Å². The van der Waals surface area contributed by atoms with Crippen LogP contribution in [0.1, 0.15) is 17.2 Å². The van der Waals surface area contributed by atoms with E-state index in [1.165, 1.54) is 43.4 Å². The topological polar surface area (TPSA) is 76.1 Å². The molecule has 1 unspecified atom stereocenters. The number of likely N-dealkylation sites (tertiary alicyclic amines) is 1. The van der Waals surface area contributed by atoms with E-state index in [0.29, 0.717) is 11.3 Å². The summed E-state index contributed by atoms with van der Waals surface area (Å²) in [6, 6.07) is 11.3. The maximum Gasteiger partial charge on any atom is 0.295 e. The van der Waals surface area contributed by atoms with Crippen molar-refractivity contribution in [3.8, 4) is 5.75 Å². The summed E-state index contributed by atoms with van der Waals surface area (Å²) in [6.07, 6.45) is 0. The molecule has 0 aliphatic carbocycles. The van der Waals surface area contributed by atoms with Gasteiger partial charge in [0.15, 0.2) is 0 Å². The highest BCUT2D eigenvalue weighted by Crippen LogP contribution is 2.40. The van der Waals surface area contributed by atoms with Crippen molar-refractivity contribution in [2.75, 3.05) is 27.4 Å². The number of carbonyl (C=O) groups is 2. The Balaban J connectivity index is 2.19. The van der Waals surface area contributed by atoms with Crippen LogP contribution in [0.2, 0.25) is 0 Å². The molecule has 2 aromatic rings. The van der Waals surface area contributed by atoms with Gasteiger partial charge in [-0.3, -0.25) is 9.59 Å². The number of amides is 1. The lowest BCUT2D eigenvalue weighted by Crippen LogP contribution is -2.33. The molecular weight excluding hydrogens is 365 g/mol. The van der Waals surface area contributed by atoms with Gasteiger partial charge >= 0.3 is 0 Å². The van der Waals surface area contributed by atoms with Gasteiger partial charge in [-0.1, -0.05) is 30.3 Å². The molecule has 6 nitrogen and oxygen atoms in total. The SMILES string of the molecule is COCCN1C(=O)C(=O)/C(=C(\O)c2cccc(OC)c2)C1c1ccccc1F. The molecule has 2 aromatic carbocycles. The molecule has 1 saturated heterocycles. The Morgan fingerprint density at radius 1 is 1.14 bits per heavy atom. The minimum atomic E-state index is -1.05. The molecule has 1 fully saturated rings. The molecule has 146 valence electrons. The van der Waals surface area contributed by atoms with Crippen LogP contribution in [0, 0.1) is 5.82 Å². The zero-order chi connectivity index (χ0) is 20.3. The van der Waals surface area contributed by atoms with Gasteiger partial charge in [-0.2, -0.15) is 0 Å². The van der Waals surface area contributed by atoms with Gasteiger partial charge in [0.1, 0.15) is 17.3 Å². The maximum atomic E-state index is 14.5. The van der Waals surface area contributed by atoms with Gasteiger partial charge in [0, 0.05) is 24.8 Å². The molecule has 7 heteroatoms. The van der Waals surface area contributed by atoms with Crippen molar-refractivity contribution in [3.63, 3.8) is 0 Å². The zero-order valence-corrected chi connectivity index (χ0v) is 15.5. The summed E-state index contributed by atoms with van der Waals surface area (Å²) in [6.45, 7) is 0.242. The lowest BCUT2D eigenvalue weighted by Gasteiger charge is -2.25. The van der Waals surface area contributed by atoms with E-state index >= 15 is 0 Å². The number of benzene rings is 2. The quantitative estimate of drug-likeness (QED) is 0.470. The van der Waals surface area contributed by atoms with Crippen molar-refractivity contribution in [1.82, 2.24) is 4.90 Å². The minimum absolute atomic E-state index is 0.0783. The predicted molar refractivity (Wildman–Crippen MR) is 100 cm³/mol. The van der Waals surface area contributed by atoms with Crippen molar-refractivity contribution < 1.29 is 28.6 Å². The Morgan fingerprint density at radius 2 is 1.89 bits per heavy atom. The van der Waals surface area contributed by atoms with Crippen LogP contribution >= 0.6 is 0 Å². The van der Waals surface area contributed by atoms with Gasteiger partial charge in [0.25, 0.3) is 11.7 Å². The smallest absolute Gasteiger partial charge is 0.295 e. The summed E-state index contributed by atoms with van der Waals surface area (Å²) in [7, 11) is 2.94. The van der Waals surface area contributed by atoms with Crippen molar-refractivity contribution in [3.05, 3.63) is 71.0 Å². The number of carbonyl (C=O) groups excluding carboxylic acids is 2. The molecule has 0 aromatic heterocycles. The number of hydrogen-bond acceptors (Lipinski definition) is 5. The highest BCUT2D eigenvalue weighted by Gasteiger charge is 2.46. The van der Waals surface area contributed by atoms with Gasteiger partial charge in [0.05, 0.1) is 25.3 Å². The second-order valence-corrected chi connectivity index (χ2v) is 6.24. The summed E-state index contributed by atoms with van der Waals surface area (Å²) in [4.78, 5) is 26.6. The number of aliphatic hydroxyl groups is 1. The lowest BCUT2D eigenvalue weighted by atomic mass is 9.95. The molecule has 1 N–H and O–H groups in total. The first-order chi connectivity index (χ1) is 13.5. The van der Waals surface area contributed by atoms with E-state index in [0.717, 1.165) is 0 Å². The number of hydrogen-bond donors (Lipinski definition) is 1. The average Bonchev–Trinajstić information content (AvgIpc) is 2.96. The van der Waals surface area contributed by atoms with Crippen LogP contribution in [0.15, 0.2) is 54.1 Å². The largest absolute Gasteiger partial charge is 0.507 e. The fraction of sp³-hybridized carbons (Fsp3) is 0.238. The highest BCUT2D eigenvalue weighted by molar-refractivity contribution is 6.46. The normalized spacial score (nSPS) is 18.5. The third-order valence-corrected chi connectivity index (χ3v) is 4.62. The summed E-state index contributed by atoms with van der Waals surface area (Å²) >= 11 is 0. The predicted octanol–water partition coefficient (Wildman–Crippen LogP) is 2.90. The first-order valence-electron chi connectivity index (χ1n) is 8.65. The molecule has 1 heterocycles. The lowest BCUT2D eigenvalue weighted by molar-refractivity contribution is -0.140. The molecule has 0 spiro atoms. The van der Waals surface area contributed by atoms with Gasteiger partial charge in [-0.25, -0.2) is 4.39 Å². The molecule has 0 bridgehead atoms. The number of ether oxygens (including phenoxy) is 2. The summed E-state index contributed by atoms with van der Waals surface area (Å²) in [5.74, 6) is -2.17.